The fourth-order valence-corrected chi connectivity index (χ4v) is 2.85. The van der Waals surface area contributed by atoms with Gasteiger partial charge in [-0.25, -0.2) is 8.42 Å². The lowest BCUT2D eigenvalue weighted by molar-refractivity contribution is 0.424. The number of nitrogens with zero attached hydrogens (tertiary/aromatic N) is 2. The summed E-state index contributed by atoms with van der Waals surface area (Å²) in [5.41, 5.74) is 0.883. The van der Waals surface area contributed by atoms with Gasteiger partial charge in [0.25, 0.3) is 0 Å². The van der Waals surface area contributed by atoms with Gasteiger partial charge >= 0.3 is 0 Å². The Kier molecular flexibility index (Phi) is 4.89. The molecule has 1 aromatic heterocycles. The van der Waals surface area contributed by atoms with E-state index in [1.54, 1.807) is 19.3 Å². The highest BCUT2D eigenvalue weighted by Crippen LogP contribution is 2.13. The molecule has 0 radical (unpaired) electrons. The Bertz CT molecular complexity index is 448. The van der Waals surface area contributed by atoms with Crippen molar-refractivity contribution in [2.24, 2.45) is 0 Å². The second-order valence-electron chi connectivity index (χ2n) is 3.34. The fraction of sp³-hybridized carbons (Fsp3) is 0.500. The van der Waals surface area contributed by atoms with Crippen LogP contribution in [0.15, 0.2) is 22.9 Å². The molecule has 1 heterocycles. The van der Waals surface area contributed by atoms with Crippen LogP contribution in [0.3, 0.4) is 0 Å². The van der Waals surface area contributed by atoms with Crippen molar-refractivity contribution in [2.75, 3.05) is 12.3 Å². The molecule has 1 aromatic rings. The zero-order valence-electron chi connectivity index (χ0n) is 9.35. The van der Waals surface area contributed by atoms with Crippen molar-refractivity contribution in [3.63, 3.8) is 0 Å². The third-order valence-corrected chi connectivity index (χ3v) is 4.57. The van der Waals surface area contributed by atoms with Gasteiger partial charge in [0, 0.05) is 30.0 Å². The zero-order valence-corrected chi connectivity index (χ0v) is 11.8. The molecule has 0 atom stereocenters. The van der Waals surface area contributed by atoms with Crippen LogP contribution in [0.1, 0.15) is 19.4 Å². The molecule has 16 heavy (non-hydrogen) atoms. The standard InChI is InChI=1S/C10H15BrN2O2S/c1-3-13(16(14,15)4-2)8-9-5-10(11)7-12-6-9/h5-7H,3-4,8H2,1-2H3. The summed E-state index contributed by atoms with van der Waals surface area (Å²) in [6.07, 6.45) is 3.35. The average molecular weight is 307 g/mol. The fourth-order valence-electron chi connectivity index (χ4n) is 1.34. The van der Waals surface area contributed by atoms with Crippen LogP contribution in [0.5, 0.6) is 0 Å². The van der Waals surface area contributed by atoms with Crippen LogP contribution in [0, 0.1) is 0 Å². The number of hydrogen-bond donors (Lipinski definition) is 0. The van der Waals surface area contributed by atoms with E-state index in [1.165, 1.54) is 4.31 Å². The molecule has 0 fully saturated rings. The van der Waals surface area contributed by atoms with Gasteiger partial charge in [0.2, 0.25) is 10.0 Å². The molecular formula is C10H15BrN2O2S. The van der Waals surface area contributed by atoms with Crippen molar-refractivity contribution in [2.45, 2.75) is 20.4 Å². The maximum absolute atomic E-state index is 11.7. The summed E-state index contributed by atoms with van der Waals surface area (Å²) in [4.78, 5) is 4.01. The first-order chi connectivity index (χ1) is 7.49. The molecule has 1 rings (SSSR count). The number of sulfonamides is 1. The van der Waals surface area contributed by atoms with Gasteiger partial charge < -0.3 is 0 Å². The highest BCUT2D eigenvalue weighted by molar-refractivity contribution is 9.10. The van der Waals surface area contributed by atoms with Gasteiger partial charge in [-0.2, -0.15) is 4.31 Å². The van der Waals surface area contributed by atoms with Crippen molar-refractivity contribution in [3.8, 4) is 0 Å². The Labute approximate surface area is 105 Å². The molecular weight excluding hydrogens is 292 g/mol. The average Bonchev–Trinajstić information content (AvgIpc) is 2.25. The van der Waals surface area contributed by atoms with Crippen molar-refractivity contribution in [3.05, 3.63) is 28.5 Å². The molecule has 0 unspecified atom stereocenters. The minimum atomic E-state index is -3.13. The van der Waals surface area contributed by atoms with Gasteiger partial charge in [0.05, 0.1) is 5.75 Å². The number of rotatable bonds is 5. The highest BCUT2D eigenvalue weighted by Gasteiger charge is 2.18. The monoisotopic (exact) mass is 306 g/mol. The van der Waals surface area contributed by atoms with E-state index >= 15 is 0 Å². The van der Waals surface area contributed by atoms with E-state index in [9.17, 15) is 8.42 Å². The number of aromatic nitrogens is 1. The predicted molar refractivity (Wildman–Crippen MR) is 67.5 cm³/mol. The van der Waals surface area contributed by atoms with Gasteiger partial charge in [-0.1, -0.05) is 6.92 Å². The summed E-state index contributed by atoms with van der Waals surface area (Å²) in [7, 11) is -3.13. The molecule has 0 bridgehead atoms. The minimum absolute atomic E-state index is 0.127. The molecule has 0 saturated carbocycles. The summed E-state index contributed by atoms with van der Waals surface area (Å²) < 4.78 is 25.7. The van der Waals surface area contributed by atoms with Gasteiger partial charge in [-0.05, 0) is 34.5 Å². The smallest absolute Gasteiger partial charge is 0.214 e. The van der Waals surface area contributed by atoms with Crippen molar-refractivity contribution in [1.82, 2.24) is 9.29 Å². The first-order valence-corrected chi connectivity index (χ1v) is 7.47. The third-order valence-electron chi connectivity index (χ3n) is 2.23. The quantitative estimate of drug-likeness (QED) is 0.836. The summed E-state index contributed by atoms with van der Waals surface area (Å²) in [6, 6.07) is 1.88. The second kappa shape index (κ2) is 5.75. The van der Waals surface area contributed by atoms with Crippen LogP contribution in [-0.4, -0.2) is 30.0 Å². The Morgan fingerprint density at radius 3 is 2.56 bits per heavy atom. The maximum atomic E-state index is 11.7. The first-order valence-electron chi connectivity index (χ1n) is 5.06. The first kappa shape index (κ1) is 13.6. The normalized spacial score (nSPS) is 12.0. The van der Waals surface area contributed by atoms with Crippen molar-refractivity contribution in [1.29, 1.82) is 0 Å². The molecule has 0 saturated heterocycles. The molecule has 0 aliphatic heterocycles. The lowest BCUT2D eigenvalue weighted by Gasteiger charge is -2.19. The van der Waals surface area contributed by atoms with Gasteiger partial charge in [-0.15, -0.1) is 0 Å². The Balaban J connectivity index is 2.87. The molecule has 0 aliphatic rings. The van der Waals surface area contributed by atoms with Crippen LogP contribution < -0.4 is 0 Å². The van der Waals surface area contributed by atoms with Gasteiger partial charge in [0.1, 0.15) is 0 Å². The Morgan fingerprint density at radius 1 is 1.38 bits per heavy atom. The lowest BCUT2D eigenvalue weighted by atomic mass is 10.3. The largest absolute Gasteiger partial charge is 0.263 e. The minimum Gasteiger partial charge on any atom is -0.263 e. The van der Waals surface area contributed by atoms with E-state index in [2.05, 4.69) is 20.9 Å². The predicted octanol–water partition coefficient (Wildman–Crippen LogP) is 2.02. The highest BCUT2D eigenvalue weighted by atomic mass is 79.9. The molecule has 90 valence electrons. The second-order valence-corrected chi connectivity index (χ2v) is 6.51. The molecule has 6 heteroatoms. The zero-order chi connectivity index (χ0) is 12.2. The van der Waals surface area contributed by atoms with Crippen LogP contribution >= 0.6 is 15.9 Å². The van der Waals surface area contributed by atoms with Crippen LogP contribution in [0.25, 0.3) is 0 Å². The van der Waals surface area contributed by atoms with E-state index in [0.29, 0.717) is 13.1 Å². The molecule has 4 nitrogen and oxygen atoms in total. The van der Waals surface area contributed by atoms with Crippen molar-refractivity contribution < 1.29 is 8.42 Å². The van der Waals surface area contributed by atoms with E-state index in [4.69, 9.17) is 0 Å². The van der Waals surface area contributed by atoms with Crippen LogP contribution in [0.2, 0.25) is 0 Å². The SMILES string of the molecule is CCN(Cc1cncc(Br)c1)S(=O)(=O)CC. The lowest BCUT2D eigenvalue weighted by Crippen LogP contribution is -2.31. The van der Waals surface area contributed by atoms with Crippen LogP contribution in [-0.2, 0) is 16.6 Å². The van der Waals surface area contributed by atoms with E-state index in [1.807, 2.05) is 13.0 Å². The molecule has 0 N–H and O–H groups in total. The number of hydrogen-bond acceptors (Lipinski definition) is 3. The summed E-state index contributed by atoms with van der Waals surface area (Å²) >= 11 is 3.31. The van der Waals surface area contributed by atoms with E-state index in [-0.39, 0.29) is 5.75 Å². The third kappa shape index (κ3) is 3.54. The van der Waals surface area contributed by atoms with Gasteiger partial charge in [0.15, 0.2) is 0 Å². The van der Waals surface area contributed by atoms with Crippen LogP contribution in [0.4, 0.5) is 0 Å². The molecule has 0 aliphatic carbocycles. The Morgan fingerprint density at radius 2 is 2.06 bits per heavy atom. The van der Waals surface area contributed by atoms with E-state index < -0.39 is 10.0 Å². The molecule has 0 amide bonds. The van der Waals surface area contributed by atoms with E-state index in [0.717, 1.165) is 10.0 Å². The molecule has 0 spiro atoms. The van der Waals surface area contributed by atoms with Gasteiger partial charge in [-0.3, -0.25) is 4.98 Å². The summed E-state index contributed by atoms with van der Waals surface area (Å²) in [6.45, 7) is 4.33. The number of halogens is 1. The summed E-state index contributed by atoms with van der Waals surface area (Å²) in [5.74, 6) is 0.127. The molecule has 0 aromatic carbocycles. The topological polar surface area (TPSA) is 50.3 Å². The van der Waals surface area contributed by atoms with Crippen molar-refractivity contribution >= 4 is 26.0 Å². The Hall–Kier alpha value is -0.460. The number of pyridine rings is 1. The maximum Gasteiger partial charge on any atom is 0.214 e. The summed E-state index contributed by atoms with van der Waals surface area (Å²) in [5, 5.41) is 0.